The van der Waals surface area contributed by atoms with Crippen molar-refractivity contribution in [3.05, 3.63) is 0 Å². The molecule has 0 aromatic carbocycles. The molecule has 0 aliphatic heterocycles. The third kappa shape index (κ3) is 5.16. The molecule has 4 heteroatoms. The van der Waals surface area contributed by atoms with E-state index in [4.69, 9.17) is 10.8 Å². The van der Waals surface area contributed by atoms with Gasteiger partial charge in [-0.1, -0.05) is 27.7 Å². The van der Waals surface area contributed by atoms with E-state index in [0.717, 1.165) is 0 Å². The molecule has 13 heavy (non-hydrogen) atoms. The number of carboxylic acid groups (broad SMARTS) is 1. The minimum Gasteiger partial charge on any atom is -0.480 e. The Morgan fingerprint density at radius 2 is 2.00 bits per heavy atom. The van der Waals surface area contributed by atoms with Gasteiger partial charge in [0.1, 0.15) is 6.04 Å². The van der Waals surface area contributed by atoms with Crippen LogP contribution in [-0.2, 0) is 4.79 Å². The molecule has 0 saturated heterocycles. The summed E-state index contributed by atoms with van der Waals surface area (Å²) < 4.78 is 0. The summed E-state index contributed by atoms with van der Waals surface area (Å²) in [6, 6.07) is -0.741. The van der Waals surface area contributed by atoms with Crippen molar-refractivity contribution in [3.63, 3.8) is 0 Å². The maximum absolute atomic E-state index is 10.4. The first kappa shape index (κ1) is 12.8. The van der Waals surface area contributed by atoms with E-state index in [-0.39, 0.29) is 5.41 Å². The number of thioether (sulfide) groups is 1. The van der Waals surface area contributed by atoms with Crippen LogP contribution < -0.4 is 5.73 Å². The fraction of sp³-hybridized carbons (Fsp3) is 0.889. The van der Waals surface area contributed by atoms with E-state index < -0.39 is 12.0 Å². The van der Waals surface area contributed by atoms with E-state index in [1.807, 2.05) is 0 Å². The molecule has 0 radical (unpaired) electrons. The van der Waals surface area contributed by atoms with Gasteiger partial charge in [-0.05, 0) is 5.41 Å². The summed E-state index contributed by atoms with van der Waals surface area (Å²) in [5.74, 6) is -0.443. The molecule has 0 aliphatic rings. The molecule has 0 bridgehead atoms. The van der Waals surface area contributed by atoms with E-state index in [0.29, 0.717) is 11.0 Å². The molecule has 0 aliphatic carbocycles. The lowest BCUT2D eigenvalue weighted by Gasteiger charge is -2.27. The van der Waals surface area contributed by atoms with Gasteiger partial charge in [-0.3, -0.25) is 4.79 Å². The van der Waals surface area contributed by atoms with Crippen LogP contribution in [0.25, 0.3) is 0 Å². The van der Waals surface area contributed by atoms with Gasteiger partial charge in [-0.25, -0.2) is 0 Å². The normalized spacial score (nSPS) is 16.7. The van der Waals surface area contributed by atoms with Crippen molar-refractivity contribution >= 4 is 17.7 Å². The number of hydrogen-bond donors (Lipinski definition) is 2. The first-order valence-electron chi connectivity index (χ1n) is 4.35. The van der Waals surface area contributed by atoms with Crippen LogP contribution >= 0.6 is 11.8 Å². The summed E-state index contributed by atoms with van der Waals surface area (Å²) >= 11 is 1.61. The summed E-state index contributed by atoms with van der Waals surface area (Å²) in [7, 11) is 0. The van der Waals surface area contributed by atoms with Crippen molar-refractivity contribution in [2.24, 2.45) is 11.1 Å². The van der Waals surface area contributed by atoms with Crippen molar-refractivity contribution in [1.29, 1.82) is 0 Å². The highest BCUT2D eigenvalue weighted by molar-refractivity contribution is 8.00. The third-order valence-electron chi connectivity index (χ3n) is 2.06. The van der Waals surface area contributed by atoms with Gasteiger partial charge >= 0.3 is 5.97 Å². The Labute approximate surface area is 84.1 Å². The molecule has 0 aromatic heterocycles. The maximum atomic E-state index is 10.4. The molecule has 2 unspecified atom stereocenters. The molecule has 0 amide bonds. The Morgan fingerprint density at radius 1 is 1.54 bits per heavy atom. The monoisotopic (exact) mass is 205 g/mol. The molecule has 0 fully saturated rings. The Bertz CT molecular complexity index is 177. The second-order valence-corrected chi connectivity index (χ2v) is 5.66. The molecule has 2 atom stereocenters. The number of hydrogen-bond acceptors (Lipinski definition) is 3. The molecule has 0 saturated carbocycles. The highest BCUT2D eigenvalue weighted by atomic mass is 32.2. The van der Waals surface area contributed by atoms with Gasteiger partial charge in [0.15, 0.2) is 0 Å². The molecule has 78 valence electrons. The summed E-state index contributed by atoms with van der Waals surface area (Å²) in [4.78, 5) is 10.4. The van der Waals surface area contributed by atoms with E-state index >= 15 is 0 Å². The zero-order chi connectivity index (χ0) is 10.6. The Balaban J connectivity index is 3.83. The van der Waals surface area contributed by atoms with Crippen molar-refractivity contribution < 1.29 is 9.90 Å². The average molecular weight is 205 g/mol. The summed E-state index contributed by atoms with van der Waals surface area (Å²) in [6.45, 7) is 8.50. The lowest BCUT2D eigenvalue weighted by Crippen LogP contribution is -2.34. The van der Waals surface area contributed by atoms with E-state index in [2.05, 4.69) is 27.7 Å². The Hall–Kier alpha value is -0.220. The molecular formula is C9H19NO2S. The number of rotatable bonds is 4. The quantitative estimate of drug-likeness (QED) is 0.731. The summed E-state index contributed by atoms with van der Waals surface area (Å²) in [6.07, 6.45) is 0. The fourth-order valence-corrected chi connectivity index (χ4v) is 1.71. The van der Waals surface area contributed by atoms with Crippen LogP contribution in [0.2, 0.25) is 0 Å². The van der Waals surface area contributed by atoms with Crippen LogP contribution in [-0.4, -0.2) is 28.1 Å². The van der Waals surface area contributed by atoms with Crippen LogP contribution in [0.3, 0.4) is 0 Å². The van der Waals surface area contributed by atoms with Gasteiger partial charge in [0.25, 0.3) is 0 Å². The van der Waals surface area contributed by atoms with E-state index in [9.17, 15) is 4.79 Å². The minimum atomic E-state index is -0.923. The summed E-state index contributed by atoms with van der Waals surface area (Å²) in [5.41, 5.74) is 5.58. The second-order valence-electron chi connectivity index (χ2n) is 4.29. The highest BCUT2D eigenvalue weighted by Gasteiger charge is 2.22. The van der Waals surface area contributed by atoms with Crippen LogP contribution in [0.5, 0.6) is 0 Å². The van der Waals surface area contributed by atoms with Gasteiger partial charge in [-0.15, -0.1) is 0 Å². The Kier molecular flexibility index (Phi) is 4.78. The van der Waals surface area contributed by atoms with Crippen LogP contribution in [0.4, 0.5) is 0 Å². The fourth-order valence-electron chi connectivity index (χ4n) is 0.569. The largest absolute Gasteiger partial charge is 0.480 e. The zero-order valence-electron chi connectivity index (χ0n) is 8.70. The number of nitrogens with two attached hydrogens (primary N) is 1. The van der Waals surface area contributed by atoms with Crippen LogP contribution in [0.1, 0.15) is 27.7 Å². The standard InChI is InChI=1S/C9H19NO2S/c1-6(9(2,3)4)13-5-7(10)8(11)12/h6-7H,5,10H2,1-4H3,(H,11,12). The number of carbonyl (C=O) groups is 1. The van der Waals surface area contributed by atoms with Gasteiger partial charge in [0.05, 0.1) is 0 Å². The molecule has 0 heterocycles. The smallest absolute Gasteiger partial charge is 0.321 e. The van der Waals surface area contributed by atoms with Gasteiger partial charge in [-0.2, -0.15) is 11.8 Å². The molecule has 3 N–H and O–H groups in total. The van der Waals surface area contributed by atoms with Gasteiger partial charge in [0, 0.05) is 11.0 Å². The number of carboxylic acids is 1. The zero-order valence-corrected chi connectivity index (χ0v) is 9.52. The van der Waals surface area contributed by atoms with Gasteiger partial charge in [0.2, 0.25) is 0 Å². The summed E-state index contributed by atoms with van der Waals surface area (Å²) in [5, 5.41) is 8.97. The molecule has 0 rings (SSSR count). The van der Waals surface area contributed by atoms with Crippen molar-refractivity contribution in [2.45, 2.75) is 39.0 Å². The van der Waals surface area contributed by atoms with Crippen molar-refractivity contribution in [3.8, 4) is 0 Å². The lowest BCUT2D eigenvalue weighted by molar-refractivity contribution is -0.137. The predicted molar refractivity (Wildman–Crippen MR) is 57.0 cm³/mol. The van der Waals surface area contributed by atoms with Crippen LogP contribution in [0.15, 0.2) is 0 Å². The maximum Gasteiger partial charge on any atom is 0.321 e. The SMILES string of the molecule is CC(SCC(N)C(=O)O)C(C)(C)C. The lowest BCUT2D eigenvalue weighted by atomic mass is 9.93. The second kappa shape index (κ2) is 4.86. The van der Waals surface area contributed by atoms with Gasteiger partial charge < -0.3 is 10.8 Å². The first-order valence-corrected chi connectivity index (χ1v) is 5.40. The molecule has 0 spiro atoms. The first-order chi connectivity index (χ1) is 5.75. The van der Waals surface area contributed by atoms with Crippen molar-refractivity contribution in [2.75, 3.05) is 5.75 Å². The number of aliphatic carboxylic acids is 1. The molecule has 0 aromatic rings. The topological polar surface area (TPSA) is 63.3 Å². The minimum absolute atomic E-state index is 0.197. The average Bonchev–Trinajstić information content (AvgIpc) is 1.97. The van der Waals surface area contributed by atoms with E-state index in [1.54, 1.807) is 11.8 Å². The molecule has 3 nitrogen and oxygen atoms in total. The van der Waals surface area contributed by atoms with Crippen LogP contribution in [0, 0.1) is 5.41 Å². The third-order valence-corrected chi connectivity index (χ3v) is 3.82. The van der Waals surface area contributed by atoms with Crippen molar-refractivity contribution in [1.82, 2.24) is 0 Å². The predicted octanol–water partition coefficient (Wildman–Crippen LogP) is 1.57. The highest BCUT2D eigenvalue weighted by Crippen LogP contribution is 2.29. The van der Waals surface area contributed by atoms with E-state index in [1.165, 1.54) is 0 Å². The Morgan fingerprint density at radius 3 is 2.31 bits per heavy atom. The molecular weight excluding hydrogens is 186 g/mol.